The second kappa shape index (κ2) is 11.3. The van der Waals surface area contributed by atoms with Crippen molar-refractivity contribution in [1.29, 1.82) is 0 Å². The number of hydrogen-bond donors (Lipinski definition) is 0. The Bertz CT molecular complexity index is 1590. The number of para-hydroxylation sites is 1. The van der Waals surface area contributed by atoms with E-state index in [9.17, 15) is 9.18 Å². The molecule has 0 bridgehead atoms. The van der Waals surface area contributed by atoms with E-state index in [4.69, 9.17) is 30.5 Å². The van der Waals surface area contributed by atoms with Crippen molar-refractivity contribution in [3.63, 3.8) is 0 Å². The van der Waals surface area contributed by atoms with Crippen molar-refractivity contribution < 1.29 is 28.1 Å². The van der Waals surface area contributed by atoms with Crippen molar-refractivity contribution in [2.24, 2.45) is 0 Å². The zero-order valence-electron chi connectivity index (χ0n) is 22.8. The molecule has 0 N–H and O–H groups in total. The van der Waals surface area contributed by atoms with Crippen LogP contribution in [0.1, 0.15) is 47.2 Å². The first kappa shape index (κ1) is 27.4. The number of carbonyl (C=O) groups excluding carboxylic acids is 1. The molecule has 1 saturated heterocycles. The highest BCUT2D eigenvalue weighted by atomic mass is 35.5. The van der Waals surface area contributed by atoms with Gasteiger partial charge in [0.05, 0.1) is 29.6 Å². The summed E-state index contributed by atoms with van der Waals surface area (Å²) in [5, 5.41) is 0.312. The zero-order chi connectivity index (χ0) is 28.6. The van der Waals surface area contributed by atoms with Gasteiger partial charge in [0.25, 0.3) is 5.79 Å². The van der Waals surface area contributed by atoms with Gasteiger partial charge in [-0.05, 0) is 49.1 Å². The number of aromatic nitrogens is 3. The van der Waals surface area contributed by atoms with Crippen LogP contribution in [0, 0.1) is 5.82 Å². The van der Waals surface area contributed by atoms with Gasteiger partial charge in [-0.2, -0.15) is 0 Å². The highest BCUT2D eigenvalue weighted by Crippen LogP contribution is 2.49. The largest absolute Gasteiger partial charge is 0.446 e. The molecule has 11 heteroatoms. The van der Waals surface area contributed by atoms with E-state index in [2.05, 4.69) is 14.9 Å². The van der Waals surface area contributed by atoms with Crippen molar-refractivity contribution in [3.05, 3.63) is 82.5 Å². The van der Waals surface area contributed by atoms with Crippen molar-refractivity contribution >= 4 is 28.7 Å². The molecule has 2 aromatic heterocycles. The summed E-state index contributed by atoms with van der Waals surface area (Å²) in [7, 11) is 1.64. The molecule has 1 unspecified atom stereocenters. The SMILES string of the molecule is COCCn1cnc2ncc(C(=O)OCN3CCC(c4cccc5c4OC(C)(c4ccc(Cl)cc4F)O5)CC3)cc21. The van der Waals surface area contributed by atoms with Gasteiger partial charge in [0.15, 0.2) is 17.1 Å². The summed E-state index contributed by atoms with van der Waals surface area (Å²) < 4.78 is 39.8. The fraction of sp³-hybridized carbons (Fsp3) is 0.367. The Hall–Kier alpha value is -3.73. The van der Waals surface area contributed by atoms with E-state index in [-0.39, 0.29) is 18.2 Å². The molecule has 214 valence electrons. The first-order valence-electron chi connectivity index (χ1n) is 13.5. The fourth-order valence-electron chi connectivity index (χ4n) is 5.47. The Morgan fingerprint density at radius 3 is 2.78 bits per heavy atom. The minimum absolute atomic E-state index is 0.187. The molecule has 2 aromatic carbocycles. The number of carbonyl (C=O) groups is 1. The van der Waals surface area contributed by atoms with E-state index in [1.165, 1.54) is 12.3 Å². The fourth-order valence-corrected chi connectivity index (χ4v) is 5.62. The number of piperidine rings is 1. The highest BCUT2D eigenvalue weighted by molar-refractivity contribution is 6.30. The molecular formula is C30H30ClFN4O5. The van der Waals surface area contributed by atoms with Crippen molar-refractivity contribution in [2.75, 3.05) is 33.5 Å². The van der Waals surface area contributed by atoms with E-state index in [1.807, 2.05) is 22.8 Å². The number of imidazole rings is 1. The lowest BCUT2D eigenvalue weighted by atomic mass is 9.89. The van der Waals surface area contributed by atoms with Crippen LogP contribution in [-0.2, 0) is 21.8 Å². The number of nitrogens with zero attached hydrogens (tertiary/aromatic N) is 4. The van der Waals surface area contributed by atoms with Crippen LogP contribution in [0.15, 0.2) is 55.0 Å². The minimum atomic E-state index is -1.29. The summed E-state index contributed by atoms with van der Waals surface area (Å²) in [5.74, 6) is -0.754. The smallest absolute Gasteiger partial charge is 0.341 e. The number of pyridine rings is 1. The molecule has 2 aliphatic rings. The van der Waals surface area contributed by atoms with Crippen molar-refractivity contribution in [2.45, 2.75) is 38.0 Å². The lowest BCUT2D eigenvalue weighted by molar-refractivity contribution is -0.0712. The number of ether oxygens (including phenoxy) is 4. The van der Waals surface area contributed by atoms with Crippen LogP contribution in [0.25, 0.3) is 11.2 Å². The average molecular weight is 581 g/mol. The predicted molar refractivity (Wildman–Crippen MR) is 150 cm³/mol. The molecular weight excluding hydrogens is 551 g/mol. The molecule has 0 amide bonds. The number of methoxy groups -OCH3 is 1. The average Bonchev–Trinajstić information content (AvgIpc) is 3.54. The van der Waals surface area contributed by atoms with Gasteiger partial charge in [-0.15, -0.1) is 0 Å². The van der Waals surface area contributed by atoms with Crippen LogP contribution < -0.4 is 9.47 Å². The van der Waals surface area contributed by atoms with Crippen LogP contribution >= 0.6 is 11.6 Å². The molecule has 1 atom stereocenters. The minimum Gasteiger partial charge on any atom is -0.446 e. The Morgan fingerprint density at radius 1 is 1.17 bits per heavy atom. The summed E-state index contributed by atoms with van der Waals surface area (Å²) in [6, 6.07) is 12.0. The highest BCUT2D eigenvalue weighted by Gasteiger charge is 2.43. The summed E-state index contributed by atoms with van der Waals surface area (Å²) in [6.07, 6.45) is 4.86. The van der Waals surface area contributed by atoms with Crippen molar-refractivity contribution in [1.82, 2.24) is 19.4 Å². The Balaban J connectivity index is 1.07. The molecule has 41 heavy (non-hydrogen) atoms. The van der Waals surface area contributed by atoms with Crippen LogP contribution in [0.3, 0.4) is 0 Å². The maximum atomic E-state index is 14.7. The van der Waals surface area contributed by atoms with E-state index >= 15 is 0 Å². The molecule has 1 fully saturated rings. The van der Waals surface area contributed by atoms with Gasteiger partial charge < -0.3 is 23.5 Å². The third-order valence-electron chi connectivity index (χ3n) is 7.68. The molecule has 0 spiro atoms. The monoisotopic (exact) mass is 580 g/mol. The zero-order valence-corrected chi connectivity index (χ0v) is 23.6. The number of rotatable bonds is 8. The van der Waals surface area contributed by atoms with Gasteiger partial charge in [0, 0.05) is 50.5 Å². The summed E-state index contributed by atoms with van der Waals surface area (Å²) >= 11 is 5.94. The first-order valence-corrected chi connectivity index (χ1v) is 13.9. The first-order chi connectivity index (χ1) is 19.8. The van der Waals surface area contributed by atoms with Gasteiger partial charge in [0.1, 0.15) is 12.5 Å². The lowest BCUT2D eigenvalue weighted by Gasteiger charge is -2.32. The Kier molecular flexibility index (Phi) is 7.54. The van der Waals surface area contributed by atoms with Gasteiger partial charge in [-0.3, -0.25) is 4.90 Å². The van der Waals surface area contributed by atoms with Gasteiger partial charge in [-0.1, -0.05) is 23.7 Å². The number of benzene rings is 2. The standard InChI is InChI=1S/C30H30ClFN4O5/c1-30(23-7-6-21(31)15-24(23)32)40-26-5-3-4-22(27(26)41-30)19-8-10-35(11-9-19)18-39-29(37)20-14-25-28(33-16-20)34-17-36(25)12-13-38-2/h3-7,14-17,19H,8-13,18H2,1-2H3. The molecule has 9 nitrogen and oxygen atoms in total. The Labute approximate surface area is 241 Å². The molecule has 6 rings (SSSR count). The summed E-state index contributed by atoms with van der Waals surface area (Å²) in [4.78, 5) is 23.5. The molecule has 4 aromatic rings. The van der Waals surface area contributed by atoms with Crippen LogP contribution in [0.4, 0.5) is 4.39 Å². The third-order valence-corrected chi connectivity index (χ3v) is 7.92. The van der Waals surface area contributed by atoms with E-state index in [1.54, 1.807) is 38.6 Å². The van der Waals surface area contributed by atoms with E-state index in [0.717, 1.165) is 37.0 Å². The summed E-state index contributed by atoms with van der Waals surface area (Å²) in [6.45, 7) is 4.52. The number of hydrogen-bond acceptors (Lipinski definition) is 8. The maximum absolute atomic E-state index is 14.7. The van der Waals surface area contributed by atoms with Crippen LogP contribution in [0.2, 0.25) is 5.02 Å². The summed E-state index contributed by atoms with van der Waals surface area (Å²) in [5.41, 5.74) is 3.02. The molecule has 0 aliphatic carbocycles. The number of likely N-dealkylation sites (tertiary alicyclic amines) is 1. The molecule has 2 aliphatic heterocycles. The normalized spacial score (nSPS) is 19.1. The van der Waals surface area contributed by atoms with Gasteiger partial charge in [0.2, 0.25) is 0 Å². The Morgan fingerprint density at radius 2 is 2.00 bits per heavy atom. The molecule has 0 saturated carbocycles. The van der Waals surface area contributed by atoms with Gasteiger partial charge in [-0.25, -0.2) is 19.2 Å². The third kappa shape index (κ3) is 5.47. The van der Waals surface area contributed by atoms with E-state index < -0.39 is 17.6 Å². The number of halogens is 2. The quantitative estimate of drug-likeness (QED) is 0.252. The second-order valence-corrected chi connectivity index (χ2v) is 10.8. The molecule has 0 radical (unpaired) electrons. The topological polar surface area (TPSA) is 87.9 Å². The number of esters is 1. The maximum Gasteiger partial charge on any atom is 0.341 e. The lowest BCUT2D eigenvalue weighted by Crippen LogP contribution is -2.35. The van der Waals surface area contributed by atoms with E-state index in [0.29, 0.717) is 40.9 Å². The van der Waals surface area contributed by atoms with Crippen LogP contribution in [0.5, 0.6) is 11.5 Å². The molecule has 4 heterocycles. The second-order valence-electron chi connectivity index (χ2n) is 10.4. The number of fused-ring (bicyclic) bond motifs is 2. The van der Waals surface area contributed by atoms with Crippen LogP contribution in [-0.4, -0.2) is 58.9 Å². The van der Waals surface area contributed by atoms with Crippen molar-refractivity contribution in [3.8, 4) is 11.5 Å². The predicted octanol–water partition coefficient (Wildman–Crippen LogP) is 5.51. The van der Waals surface area contributed by atoms with Gasteiger partial charge >= 0.3 is 5.97 Å².